The van der Waals surface area contributed by atoms with Crippen LogP contribution in [0.4, 0.5) is 5.69 Å². The summed E-state index contributed by atoms with van der Waals surface area (Å²) in [7, 11) is 0. The molecule has 3 heterocycles. The van der Waals surface area contributed by atoms with Gasteiger partial charge >= 0.3 is 0 Å². The van der Waals surface area contributed by atoms with Gasteiger partial charge in [-0.25, -0.2) is 0 Å². The Kier molecular flexibility index (Phi) is 5.65. The monoisotopic (exact) mass is 408 g/mol. The van der Waals surface area contributed by atoms with E-state index in [0.717, 1.165) is 5.69 Å². The van der Waals surface area contributed by atoms with E-state index in [2.05, 4.69) is 10.4 Å². The fourth-order valence-electron chi connectivity index (χ4n) is 3.83. The number of piperidine rings is 1. The second-order valence-electron chi connectivity index (χ2n) is 7.57. The van der Waals surface area contributed by atoms with E-state index in [0.29, 0.717) is 37.4 Å². The van der Waals surface area contributed by atoms with Gasteiger partial charge in [-0.3, -0.25) is 19.4 Å². The summed E-state index contributed by atoms with van der Waals surface area (Å²) in [6.45, 7) is 2.61. The number of carbonyl (C=O) groups excluding carboxylic acids is 3. The number of carbonyl (C=O) groups is 3. The third-order valence-electron chi connectivity index (χ3n) is 5.51. The second-order valence-corrected chi connectivity index (χ2v) is 7.57. The van der Waals surface area contributed by atoms with Crippen LogP contribution >= 0.6 is 0 Å². The summed E-state index contributed by atoms with van der Waals surface area (Å²) >= 11 is 0. The lowest BCUT2D eigenvalue weighted by molar-refractivity contribution is -0.118. The van der Waals surface area contributed by atoms with E-state index >= 15 is 0 Å². The van der Waals surface area contributed by atoms with Crippen LogP contribution in [0.2, 0.25) is 0 Å². The molecule has 156 valence electrons. The van der Waals surface area contributed by atoms with Crippen molar-refractivity contribution in [2.24, 2.45) is 5.10 Å². The normalized spacial score (nSPS) is 19.5. The molecule has 2 aliphatic heterocycles. The number of hydrazone groups is 1. The number of Topliss-reactive ketones (excluding diaryl/α,β-unsaturated/α-hetero) is 1. The lowest BCUT2D eigenvalue weighted by Crippen LogP contribution is -2.48. The number of amides is 2. The summed E-state index contributed by atoms with van der Waals surface area (Å²) in [5.41, 5.74) is 1.14. The molecule has 2 aromatic rings. The highest BCUT2D eigenvalue weighted by atomic mass is 16.3. The van der Waals surface area contributed by atoms with Gasteiger partial charge in [0, 0.05) is 25.6 Å². The number of hydrogen-bond acceptors (Lipinski definition) is 6. The van der Waals surface area contributed by atoms with Gasteiger partial charge in [0.15, 0.2) is 11.5 Å². The van der Waals surface area contributed by atoms with Gasteiger partial charge in [-0.05, 0) is 44.0 Å². The predicted molar refractivity (Wildman–Crippen MR) is 111 cm³/mol. The van der Waals surface area contributed by atoms with E-state index < -0.39 is 6.04 Å². The lowest BCUT2D eigenvalue weighted by atomic mass is 10.0. The molecule has 0 saturated carbocycles. The van der Waals surface area contributed by atoms with Crippen LogP contribution in [-0.2, 0) is 9.59 Å². The first-order valence-corrected chi connectivity index (χ1v) is 10.1. The maximum absolute atomic E-state index is 12.8. The quantitative estimate of drug-likeness (QED) is 0.819. The zero-order valence-electron chi connectivity index (χ0n) is 16.8. The van der Waals surface area contributed by atoms with Crippen molar-refractivity contribution in [2.45, 2.75) is 38.3 Å². The maximum atomic E-state index is 12.8. The molecule has 0 aliphatic carbocycles. The number of rotatable bonds is 5. The van der Waals surface area contributed by atoms with Gasteiger partial charge in [-0.15, -0.1) is 0 Å². The van der Waals surface area contributed by atoms with Gasteiger partial charge < -0.3 is 14.6 Å². The molecule has 8 heteroatoms. The van der Waals surface area contributed by atoms with Gasteiger partial charge in [0.25, 0.3) is 11.8 Å². The Morgan fingerprint density at radius 3 is 2.43 bits per heavy atom. The molecule has 30 heavy (non-hydrogen) atoms. The molecule has 0 spiro atoms. The third-order valence-corrected chi connectivity index (χ3v) is 5.51. The van der Waals surface area contributed by atoms with Crippen LogP contribution in [0.5, 0.6) is 0 Å². The van der Waals surface area contributed by atoms with Crippen LogP contribution in [0.1, 0.15) is 36.7 Å². The first-order valence-electron chi connectivity index (χ1n) is 10.1. The number of furan rings is 1. The number of hydrogen-bond donors (Lipinski definition) is 1. The van der Waals surface area contributed by atoms with E-state index in [9.17, 15) is 14.4 Å². The number of nitrogens with zero attached hydrogens (tertiary/aromatic N) is 3. The Hall–Kier alpha value is -3.42. The summed E-state index contributed by atoms with van der Waals surface area (Å²) in [6, 6.07) is 12.2. The zero-order valence-corrected chi connectivity index (χ0v) is 16.8. The SMILES string of the molecule is CC(=O)C1CC(C(=O)NC2CCN(C(=O)c3ccco3)CC2)=NN1c1ccccc1. The van der Waals surface area contributed by atoms with Crippen molar-refractivity contribution in [3.05, 3.63) is 54.5 Å². The molecule has 1 saturated heterocycles. The van der Waals surface area contributed by atoms with E-state index in [-0.39, 0.29) is 30.1 Å². The lowest BCUT2D eigenvalue weighted by Gasteiger charge is -2.31. The Morgan fingerprint density at radius 2 is 1.80 bits per heavy atom. The van der Waals surface area contributed by atoms with Crippen molar-refractivity contribution >= 4 is 29.0 Å². The van der Waals surface area contributed by atoms with E-state index in [1.807, 2.05) is 30.3 Å². The average Bonchev–Trinajstić information content (AvgIpc) is 3.45. The number of ketones is 1. The molecule has 1 aromatic heterocycles. The molecule has 1 N–H and O–H groups in total. The van der Waals surface area contributed by atoms with Gasteiger partial charge in [-0.2, -0.15) is 5.10 Å². The standard InChI is InChI=1S/C22H24N4O4/c1-15(27)19-14-18(24-26(19)17-6-3-2-4-7-17)21(28)23-16-9-11-25(12-10-16)22(29)20-8-5-13-30-20/h2-8,13,16,19H,9-12,14H2,1H3,(H,23,28). The first-order chi connectivity index (χ1) is 14.5. The van der Waals surface area contributed by atoms with Crippen LogP contribution in [0.25, 0.3) is 0 Å². The van der Waals surface area contributed by atoms with Crippen LogP contribution in [0.15, 0.2) is 58.2 Å². The highest BCUT2D eigenvalue weighted by Gasteiger charge is 2.35. The number of para-hydroxylation sites is 1. The summed E-state index contributed by atoms with van der Waals surface area (Å²) in [5, 5.41) is 9.09. The van der Waals surface area contributed by atoms with Crippen molar-refractivity contribution in [1.29, 1.82) is 0 Å². The largest absolute Gasteiger partial charge is 0.459 e. The number of benzene rings is 1. The molecule has 0 bridgehead atoms. The highest BCUT2D eigenvalue weighted by Crippen LogP contribution is 2.25. The number of likely N-dealkylation sites (tertiary alicyclic amines) is 1. The van der Waals surface area contributed by atoms with E-state index in [4.69, 9.17) is 4.42 Å². The Bertz CT molecular complexity index is 947. The second kappa shape index (κ2) is 8.52. The van der Waals surface area contributed by atoms with Crippen molar-refractivity contribution in [3.63, 3.8) is 0 Å². The van der Waals surface area contributed by atoms with Crippen LogP contribution in [0, 0.1) is 0 Å². The fourth-order valence-corrected chi connectivity index (χ4v) is 3.83. The Labute approximate surface area is 174 Å². The van der Waals surface area contributed by atoms with Crippen LogP contribution in [0.3, 0.4) is 0 Å². The summed E-state index contributed by atoms with van der Waals surface area (Å²) in [4.78, 5) is 39.0. The Morgan fingerprint density at radius 1 is 1.07 bits per heavy atom. The average molecular weight is 408 g/mol. The van der Waals surface area contributed by atoms with E-state index in [1.165, 1.54) is 13.2 Å². The minimum absolute atomic E-state index is 0.0323. The van der Waals surface area contributed by atoms with Crippen molar-refractivity contribution in [2.75, 3.05) is 18.1 Å². The molecule has 2 aliphatic rings. The minimum atomic E-state index is -0.471. The Balaban J connectivity index is 1.36. The number of nitrogens with one attached hydrogen (secondary N) is 1. The molecule has 8 nitrogen and oxygen atoms in total. The topological polar surface area (TPSA) is 95.2 Å². The van der Waals surface area contributed by atoms with Crippen molar-refractivity contribution in [1.82, 2.24) is 10.2 Å². The van der Waals surface area contributed by atoms with Crippen LogP contribution < -0.4 is 10.3 Å². The van der Waals surface area contributed by atoms with E-state index in [1.54, 1.807) is 22.0 Å². The molecule has 1 aromatic carbocycles. The molecular formula is C22H24N4O4. The zero-order chi connectivity index (χ0) is 21.1. The summed E-state index contributed by atoms with van der Waals surface area (Å²) in [5.74, 6) is -0.0903. The molecule has 1 atom stereocenters. The van der Waals surface area contributed by atoms with Crippen LogP contribution in [-0.4, -0.2) is 53.4 Å². The molecule has 0 radical (unpaired) electrons. The molecule has 1 unspecified atom stereocenters. The molecule has 2 amide bonds. The van der Waals surface area contributed by atoms with Gasteiger partial charge in [-0.1, -0.05) is 18.2 Å². The highest BCUT2D eigenvalue weighted by molar-refractivity contribution is 6.40. The summed E-state index contributed by atoms with van der Waals surface area (Å²) in [6.07, 6.45) is 3.08. The molecular weight excluding hydrogens is 384 g/mol. The smallest absolute Gasteiger partial charge is 0.289 e. The van der Waals surface area contributed by atoms with Crippen molar-refractivity contribution in [3.8, 4) is 0 Å². The number of anilines is 1. The summed E-state index contributed by atoms with van der Waals surface area (Å²) < 4.78 is 5.17. The molecule has 4 rings (SSSR count). The molecule has 1 fully saturated rings. The predicted octanol–water partition coefficient (Wildman–Crippen LogP) is 2.22. The maximum Gasteiger partial charge on any atom is 0.289 e. The van der Waals surface area contributed by atoms with Crippen molar-refractivity contribution < 1.29 is 18.8 Å². The minimum Gasteiger partial charge on any atom is -0.459 e. The van der Waals surface area contributed by atoms with Gasteiger partial charge in [0.1, 0.15) is 11.8 Å². The fraction of sp³-hybridized carbons (Fsp3) is 0.364. The first kappa shape index (κ1) is 19.9. The van der Waals surface area contributed by atoms with Gasteiger partial charge in [0.05, 0.1) is 12.0 Å². The third kappa shape index (κ3) is 4.12. The van der Waals surface area contributed by atoms with Gasteiger partial charge in [0.2, 0.25) is 0 Å².